The van der Waals surface area contributed by atoms with Gasteiger partial charge >= 0.3 is 0 Å². The van der Waals surface area contributed by atoms with Crippen molar-refractivity contribution in [1.82, 2.24) is 30.0 Å². The summed E-state index contributed by atoms with van der Waals surface area (Å²) in [5.41, 5.74) is 7.99. The largest absolute Gasteiger partial charge is 0.497 e. The molecule has 3 rings (SSSR count). The zero-order valence-corrected chi connectivity index (χ0v) is 11.1. The summed E-state index contributed by atoms with van der Waals surface area (Å²) in [4.78, 5) is 0. The molecule has 2 N–H and O–H groups in total. The number of nitrogen functional groups attached to an aromatic ring is 1. The summed E-state index contributed by atoms with van der Waals surface area (Å²) in [5.74, 6) is 1.23. The van der Waals surface area contributed by atoms with Crippen LogP contribution in [0.2, 0.25) is 0 Å². The molecule has 8 heteroatoms. The third kappa shape index (κ3) is 2.07. The van der Waals surface area contributed by atoms with Gasteiger partial charge in [0.25, 0.3) is 0 Å². The van der Waals surface area contributed by atoms with Crippen LogP contribution in [-0.4, -0.2) is 37.1 Å². The normalized spacial score (nSPS) is 10.7. The van der Waals surface area contributed by atoms with Crippen LogP contribution in [0.4, 0.5) is 5.69 Å². The van der Waals surface area contributed by atoms with Gasteiger partial charge in [-0.2, -0.15) is 9.78 Å². The van der Waals surface area contributed by atoms with Crippen LogP contribution < -0.4 is 10.5 Å². The fraction of sp³-hybridized carbons (Fsp3) is 0.167. The SMILES string of the molecule is COc1cc(N)cc(-c2nnnn2-c2cnn(C)c2)c1. The van der Waals surface area contributed by atoms with E-state index in [0.29, 0.717) is 17.3 Å². The Morgan fingerprint density at radius 1 is 1.25 bits per heavy atom. The van der Waals surface area contributed by atoms with Crippen molar-refractivity contribution in [2.24, 2.45) is 7.05 Å². The van der Waals surface area contributed by atoms with E-state index in [9.17, 15) is 0 Å². The highest BCUT2D eigenvalue weighted by Gasteiger charge is 2.13. The van der Waals surface area contributed by atoms with Gasteiger partial charge in [-0.05, 0) is 22.6 Å². The maximum atomic E-state index is 5.86. The molecule has 0 aliphatic heterocycles. The van der Waals surface area contributed by atoms with Crippen LogP contribution in [0.15, 0.2) is 30.6 Å². The van der Waals surface area contributed by atoms with Crippen molar-refractivity contribution in [2.75, 3.05) is 12.8 Å². The predicted molar refractivity (Wildman–Crippen MR) is 72.3 cm³/mol. The summed E-state index contributed by atoms with van der Waals surface area (Å²) in [5, 5.41) is 15.8. The van der Waals surface area contributed by atoms with E-state index in [-0.39, 0.29) is 0 Å². The summed E-state index contributed by atoms with van der Waals surface area (Å²) in [7, 11) is 3.42. The molecule has 0 unspecified atom stereocenters. The standard InChI is InChI=1S/C12H13N7O/c1-18-7-10(6-14-18)19-12(15-16-17-19)8-3-9(13)5-11(4-8)20-2/h3-7H,13H2,1-2H3. The minimum absolute atomic E-state index is 0.573. The number of tetrazole rings is 1. The van der Waals surface area contributed by atoms with Crippen LogP contribution in [0.3, 0.4) is 0 Å². The first-order chi connectivity index (χ1) is 9.67. The van der Waals surface area contributed by atoms with Crippen LogP contribution in [0.1, 0.15) is 0 Å². The zero-order chi connectivity index (χ0) is 14.1. The third-order valence-corrected chi connectivity index (χ3v) is 2.83. The van der Waals surface area contributed by atoms with E-state index in [1.807, 2.05) is 19.3 Å². The molecule has 0 saturated carbocycles. The summed E-state index contributed by atoms with van der Waals surface area (Å²) < 4.78 is 8.49. The molecular formula is C12H13N7O. The number of aryl methyl sites for hydroxylation is 1. The molecule has 0 aliphatic rings. The average molecular weight is 271 g/mol. The Balaban J connectivity index is 2.12. The number of ether oxygens (including phenoxy) is 1. The van der Waals surface area contributed by atoms with Gasteiger partial charge in [0.2, 0.25) is 0 Å². The van der Waals surface area contributed by atoms with Crippen molar-refractivity contribution in [3.63, 3.8) is 0 Å². The lowest BCUT2D eigenvalue weighted by Gasteiger charge is -2.06. The Kier molecular flexibility index (Phi) is 2.82. The van der Waals surface area contributed by atoms with Gasteiger partial charge in [0.05, 0.1) is 19.5 Å². The van der Waals surface area contributed by atoms with Crippen LogP contribution in [0.5, 0.6) is 5.75 Å². The molecular weight excluding hydrogens is 258 g/mol. The van der Waals surface area contributed by atoms with Crippen LogP contribution in [-0.2, 0) is 7.05 Å². The summed E-state index contributed by atoms with van der Waals surface area (Å²) in [6, 6.07) is 5.36. The van der Waals surface area contributed by atoms with E-state index in [1.165, 1.54) is 0 Å². The first kappa shape index (κ1) is 12.2. The molecule has 0 saturated heterocycles. The van der Waals surface area contributed by atoms with Gasteiger partial charge < -0.3 is 10.5 Å². The first-order valence-corrected chi connectivity index (χ1v) is 5.89. The monoisotopic (exact) mass is 271 g/mol. The molecule has 0 fully saturated rings. The number of hydrogen-bond acceptors (Lipinski definition) is 6. The van der Waals surface area contributed by atoms with E-state index in [2.05, 4.69) is 20.6 Å². The molecule has 3 aromatic rings. The van der Waals surface area contributed by atoms with Gasteiger partial charge in [0, 0.05) is 24.4 Å². The lowest BCUT2D eigenvalue weighted by Crippen LogP contribution is -1.99. The fourth-order valence-electron chi connectivity index (χ4n) is 1.93. The molecule has 0 spiro atoms. The van der Waals surface area contributed by atoms with Gasteiger partial charge in [-0.15, -0.1) is 5.10 Å². The molecule has 2 aromatic heterocycles. The lowest BCUT2D eigenvalue weighted by molar-refractivity contribution is 0.415. The first-order valence-electron chi connectivity index (χ1n) is 5.89. The second-order valence-electron chi connectivity index (χ2n) is 4.28. The topological polar surface area (TPSA) is 96.7 Å². The Bertz CT molecular complexity index is 746. The number of methoxy groups -OCH3 is 1. The van der Waals surface area contributed by atoms with Crippen molar-refractivity contribution in [2.45, 2.75) is 0 Å². The molecule has 8 nitrogen and oxygen atoms in total. The van der Waals surface area contributed by atoms with Gasteiger partial charge in [-0.25, -0.2) is 0 Å². The summed E-state index contributed by atoms with van der Waals surface area (Å²) >= 11 is 0. The van der Waals surface area contributed by atoms with Gasteiger partial charge in [0.1, 0.15) is 11.4 Å². The van der Waals surface area contributed by atoms with Crippen LogP contribution in [0, 0.1) is 0 Å². The molecule has 0 bridgehead atoms. The Morgan fingerprint density at radius 3 is 2.80 bits per heavy atom. The highest BCUT2D eigenvalue weighted by Crippen LogP contribution is 2.26. The molecule has 20 heavy (non-hydrogen) atoms. The number of anilines is 1. The Labute approximate surface area is 114 Å². The second-order valence-corrected chi connectivity index (χ2v) is 4.28. The molecule has 1 aromatic carbocycles. The summed E-state index contributed by atoms with van der Waals surface area (Å²) in [6.07, 6.45) is 3.51. The quantitative estimate of drug-likeness (QED) is 0.703. The van der Waals surface area contributed by atoms with Crippen LogP contribution >= 0.6 is 0 Å². The molecule has 102 valence electrons. The van der Waals surface area contributed by atoms with Crippen molar-refractivity contribution in [3.05, 3.63) is 30.6 Å². The van der Waals surface area contributed by atoms with Gasteiger partial charge in [-0.3, -0.25) is 4.68 Å². The van der Waals surface area contributed by atoms with Crippen molar-refractivity contribution in [3.8, 4) is 22.8 Å². The zero-order valence-electron chi connectivity index (χ0n) is 11.1. The second kappa shape index (κ2) is 4.65. The van der Waals surface area contributed by atoms with E-state index < -0.39 is 0 Å². The maximum Gasteiger partial charge on any atom is 0.187 e. The van der Waals surface area contributed by atoms with Crippen molar-refractivity contribution < 1.29 is 4.74 Å². The number of rotatable bonds is 3. The number of nitrogens with zero attached hydrogens (tertiary/aromatic N) is 6. The van der Waals surface area contributed by atoms with Crippen molar-refractivity contribution >= 4 is 5.69 Å². The predicted octanol–water partition coefficient (Wildman–Crippen LogP) is 0.654. The van der Waals surface area contributed by atoms with Crippen LogP contribution in [0.25, 0.3) is 17.1 Å². The van der Waals surface area contributed by atoms with Gasteiger partial charge in [-0.1, -0.05) is 0 Å². The molecule has 0 radical (unpaired) electrons. The molecule has 0 aliphatic carbocycles. The van der Waals surface area contributed by atoms with E-state index in [4.69, 9.17) is 10.5 Å². The lowest BCUT2D eigenvalue weighted by atomic mass is 10.1. The smallest absolute Gasteiger partial charge is 0.187 e. The minimum Gasteiger partial charge on any atom is -0.497 e. The fourth-order valence-corrected chi connectivity index (χ4v) is 1.93. The third-order valence-electron chi connectivity index (χ3n) is 2.83. The number of benzene rings is 1. The average Bonchev–Trinajstić information content (AvgIpc) is 3.06. The van der Waals surface area contributed by atoms with Gasteiger partial charge in [0.15, 0.2) is 5.82 Å². The number of aromatic nitrogens is 6. The van der Waals surface area contributed by atoms with E-state index in [1.54, 1.807) is 34.8 Å². The van der Waals surface area contributed by atoms with E-state index >= 15 is 0 Å². The minimum atomic E-state index is 0.573. The highest BCUT2D eigenvalue weighted by molar-refractivity contribution is 5.65. The number of nitrogens with two attached hydrogens (primary N) is 1. The van der Waals surface area contributed by atoms with Crippen molar-refractivity contribution in [1.29, 1.82) is 0 Å². The Morgan fingerprint density at radius 2 is 2.10 bits per heavy atom. The molecule has 2 heterocycles. The Hall–Kier alpha value is -2.90. The van der Waals surface area contributed by atoms with E-state index in [0.717, 1.165) is 11.3 Å². The summed E-state index contributed by atoms with van der Waals surface area (Å²) in [6.45, 7) is 0. The molecule has 0 atom stereocenters. The highest BCUT2D eigenvalue weighted by atomic mass is 16.5. The number of hydrogen-bond donors (Lipinski definition) is 1. The molecule has 0 amide bonds. The maximum absolute atomic E-state index is 5.86.